The quantitative estimate of drug-likeness (QED) is 0.693. The van der Waals surface area contributed by atoms with E-state index in [0.717, 1.165) is 19.3 Å². The van der Waals surface area contributed by atoms with E-state index in [4.69, 9.17) is 5.14 Å². The van der Waals surface area contributed by atoms with Crippen LogP contribution >= 0.6 is 0 Å². The zero-order valence-corrected chi connectivity index (χ0v) is 10.2. The molecule has 1 aliphatic heterocycles. The summed E-state index contributed by atoms with van der Waals surface area (Å²) in [7, 11) is -6.16. The van der Waals surface area contributed by atoms with E-state index >= 15 is 0 Å². The molecule has 0 spiro atoms. The van der Waals surface area contributed by atoms with Crippen molar-refractivity contribution >= 4 is 19.9 Å². The van der Waals surface area contributed by atoms with Crippen LogP contribution in [-0.4, -0.2) is 34.1 Å². The van der Waals surface area contributed by atoms with Gasteiger partial charge in [0.1, 0.15) is 0 Å². The molecule has 0 aromatic carbocycles. The van der Waals surface area contributed by atoms with Crippen molar-refractivity contribution in [3.63, 3.8) is 0 Å². The number of sulfonamides is 1. The SMILES string of the molecule is NS(=O)(=O)CCCCC1CCS(=O)(=O)C1. The number of rotatable bonds is 5. The lowest BCUT2D eigenvalue weighted by Crippen LogP contribution is -2.16. The second-order valence-corrected chi connectivity index (χ2v) is 8.09. The van der Waals surface area contributed by atoms with E-state index in [9.17, 15) is 16.8 Å². The highest BCUT2D eigenvalue weighted by Crippen LogP contribution is 2.23. The Kier molecular flexibility index (Phi) is 4.13. The Labute approximate surface area is 91.0 Å². The molecular weight excluding hydrogens is 238 g/mol. The van der Waals surface area contributed by atoms with Gasteiger partial charge in [-0.05, 0) is 25.2 Å². The molecule has 0 radical (unpaired) electrons. The Bertz CT molecular complexity index is 398. The minimum atomic E-state index is -3.36. The van der Waals surface area contributed by atoms with Gasteiger partial charge in [-0.2, -0.15) is 0 Å². The maximum atomic E-state index is 11.1. The highest BCUT2D eigenvalue weighted by atomic mass is 32.2. The third-order valence-electron chi connectivity index (χ3n) is 2.62. The smallest absolute Gasteiger partial charge is 0.209 e. The lowest BCUT2D eigenvalue weighted by atomic mass is 10.0. The van der Waals surface area contributed by atoms with Crippen LogP contribution in [0.4, 0.5) is 0 Å². The van der Waals surface area contributed by atoms with Gasteiger partial charge in [0.05, 0.1) is 17.3 Å². The van der Waals surface area contributed by atoms with Crippen molar-refractivity contribution in [2.45, 2.75) is 25.7 Å². The van der Waals surface area contributed by atoms with Gasteiger partial charge in [-0.1, -0.05) is 6.42 Å². The summed E-state index contributed by atoms with van der Waals surface area (Å²) in [5.41, 5.74) is 0. The molecule has 1 unspecified atom stereocenters. The largest absolute Gasteiger partial charge is 0.229 e. The van der Waals surface area contributed by atoms with Crippen LogP contribution in [0.2, 0.25) is 0 Å². The van der Waals surface area contributed by atoms with Crippen LogP contribution in [0.1, 0.15) is 25.7 Å². The topological polar surface area (TPSA) is 94.3 Å². The van der Waals surface area contributed by atoms with Crippen LogP contribution in [0.3, 0.4) is 0 Å². The molecule has 1 heterocycles. The fraction of sp³-hybridized carbons (Fsp3) is 1.00. The summed E-state index contributed by atoms with van der Waals surface area (Å²) >= 11 is 0. The fourth-order valence-electron chi connectivity index (χ4n) is 1.84. The van der Waals surface area contributed by atoms with E-state index < -0.39 is 19.9 Å². The Morgan fingerprint density at radius 2 is 1.93 bits per heavy atom. The summed E-state index contributed by atoms with van der Waals surface area (Å²) in [5.74, 6) is 0.761. The van der Waals surface area contributed by atoms with Crippen molar-refractivity contribution in [3.05, 3.63) is 0 Å². The zero-order chi connectivity index (χ0) is 11.5. The van der Waals surface area contributed by atoms with Gasteiger partial charge in [-0.25, -0.2) is 22.0 Å². The molecule has 1 saturated heterocycles. The van der Waals surface area contributed by atoms with Crippen LogP contribution in [-0.2, 0) is 19.9 Å². The number of nitrogens with two attached hydrogens (primary N) is 1. The Balaban J connectivity index is 2.18. The number of hydrogen-bond donors (Lipinski definition) is 1. The van der Waals surface area contributed by atoms with E-state index in [1.165, 1.54) is 0 Å². The number of hydrogen-bond acceptors (Lipinski definition) is 4. The number of primary sulfonamides is 1. The monoisotopic (exact) mass is 255 g/mol. The van der Waals surface area contributed by atoms with E-state index in [1.54, 1.807) is 0 Å². The van der Waals surface area contributed by atoms with Gasteiger partial charge in [-0.15, -0.1) is 0 Å². The predicted molar refractivity (Wildman–Crippen MR) is 58.6 cm³/mol. The fourth-order valence-corrected chi connectivity index (χ4v) is 4.35. The average molecular weight is 255 g/mol. The summed E-state index contributed by atoms with van der Waals surface area (Å²) in [6.07, 6.45) is 2.76. The molecule has 1 rings (SSSR count). The molecule has 0 saturated carbocycles. The Hall–Kier alpha value is -0.140. The maximum absolute atomic E-state index is 11.1. The first-order valence-electron chi connectivity index (χ1n) is 4.99. The van der Waals surface area contributed by atoms with Gasteiger partial charge in [0, 0.05) is 0 Å². The van der Waals surface area contributed by atoms with Crippen molar-refractivity contribution in [3.8, 4) is 0 Å². The standard InChI is InChI=1S/C8H17NO4S2/c9-15(12,13)5-2-1-3-8-4-6-14(10,11)7-8/h8H,1-7H2,(H2,9,12,13). The highest BCUT2D eigenvalue weighted by Gasteiger charge is 2.27. The molecule has 0 amide bonds. The van der Waals surface area contributed by atoms with Crippen LogP contribution in [0.5, 0.6) is 0 Å². The van der Waals surface area contributed by atoms with E-state index in [2.05, 4.69) is 0 Å². The summed E-state index contributed by atoms with van der Waals surface area (Å²) in [4.78, 5) is 0. The van der Waals surface area contributed by atoms with E-state index in [-0.39, 0.29) is 23.2 Å². The third-order valence-corrected chi connectivity index (χ3v) is 5.31. The lowest BCUT2D eigenvalue weighted by Gasteiger charge is -2.05. The maximum Gasteiger partial charge on any atom is 0.209 e. The minimum absolute atomic E-state index is 0.00747. The normalized spacial score (nSPS) is 25.5. The van der Waals surface area contributed by atoms with Crippen LogP contribution < -0.4 is 5.14 Å². The molecule has 0 aliphatic carbocycles. The third kappa shape index (κ3) is 5.48. The summed E-state index contributed by atoms with van der Waals surface area (Å²) in [6, 6.07) is 0. The summed E-state index contributed by atoms with van der Waals surface area (Å²) in [6.45, 7) is 0. The molecule has 5 nitrogen and oxygen atoms in total. The predicted octanol–water partition coefficient (Wildman–Crippen LogP) is -0.120. The first kappa shape index (κ1) is 12.9. The van der Waals surface area contributed by atoms with Crippen molar-refractivity contribution < 1.29 is 16.8 Å². The molecule has 7 heteroatoms. The van der Waals surface area contributed by atoms with Crippen molar-refractivity contribution in [1.29, 1.82) is 0 Å². The number of sulfone groups is 1. The van der Waals surface area contributed by atoms with E-state index in [1.807, 2.05) is 0 Å². The van der Waals surface area contributed by atoms with Crippen LogP contribution in [0, 0.1) is 5.92 Å². The highest BCUT2D eigenvalue weighted by molar-refractivity contribution is 7.91. The van der Waals surface area contributed by atoms with Gasteiger partial charge in [0.15, 0.2) is 9.84 Å². The average Bonchev–Trinajstić information content (AvgIpc) is 2.38. The second-order valence-electron chi connectivity index (χ2n) is 4.13. The molecule has 15 heavy (non-hydrogen) atoms. The molecule has 1 atom stereocenters. The number of unbranched alkanes of at least 4 members (excludes halogenated alkanes) is 1. The summed E-state index contributed by atoms with van der Waals surface area (Å²) < 4.78 is 43.5. The van der Waals surface area contributed by atoms with Gasteiger partial charge < -0.3 is 0 Å². The summed E-state index contributed by atoms with van der Waals surface area (Å²) in [5, 5.41) is 4.85. The molecule has 0 bridgehead atoms. The molecular formula is C8H17NO4S2. The first-order valence-corrected chi connectivity index (χ1v) is 8.53. The van der Waals surface area contributed by atoms with Crippen molar-refractivity contribution in [1.82, 2.24) is 0 Å². The van der Waals surface area contributed by atoms with Crippen LogP contribution in [0.15, 0.2) is 0 Å². The Morgan fingerprint density at radius 3 is 2.40 bits per heavy atom. The Morgan fingerprint density at radius 1 is 1.27 bits per heavy atom. The second kappa shape index (κ2) is 4.80. The molecule has 2 N–H and O–H groups in total. The zero-order valence-electron chi connectivity index (χ0n) is 8.55. The van der Waals surface area contributed by atoms with Crippen LogP contribution in [0.25, 0.3) is 0 Å². The molecule has 1 aliphatic rings. The first-order chi connectivity index (χ1) is 6.79. The molecule has 0 aromatic rings. The van der Waals surface area contributed by atoms with Gasteiger partial charge >= 0.3 is 0 Å². The molecule has 0 aromatic heterocycles. The van der Waals surface area contributed by atoms with Gasteiger partial charge in [-0.3, -0.25) is 0 Å². The lowest BCUT2D eigenvalue weighted by molar-refractivity contribution is 0.512. The minimum Gasteiger partial charge on any atom is -0.229 e. The van der Waals surface area contributed by atoms with Gasteiger partial charge in [0.25, 0.3) is 0 Å². The van der Waals surface area contributed by atoms with Gasteiger partial charge in [0.2, 0.25) is 10.0 Å². The molecule has 1 fully saturated rings. The van der Waals surface area contributed by atoms with E-state index in [0.29, 0.717) is 6.42 Å². The van der Waals surface area contributed by atoms with Crippen molar-refractivity contribution in [2.24, 2.45) is 11.1 Å². The van der Waals surface area contributed by atoms with Crippen molar-refractivity contribution in [2.75, 3.05) is 17.3 Å². The molecule has 90 valence electrons.